The molecule has 2 aromatic carbocycles. The lowest BCUT2D eigenvalue weighted by atomic mass is 10.1. The predicted octanol–water partition coefficient (Wildman–Crippen LogP) is 3.66. The average Bonchev–Trinajstić information content (AvgIpc) is 3.03. The first-order chi connectivity index (χ1) is 12.6. The number of amides is 1. The molecule has 0 aliphatic carbocycles. The van der Waals surface area contributed by atoms with E-state index in [2.05, 4.69) is 20.6 Å². The highest BCUT2D eigenvalue weighted by Gasteiger charge is 2.10. The zero-order valence-electron chi connectivity index (χ0n) is 14.5. The minimum absolute atomic E-state index is 0.127. The Hall–Kier alpha value is -3.54. The van der Waals surface area contributed by atoms with Crippen molar-refractivity contribution in [3.8, 4) is 11.3 Å². The minimum atomic E-state index is -0.127. The maximum atomic E-state index is 12.5. The topological polar surface area (TPSA) is 72.2 Å². The molecule has 2 heterocycles. The lowest BCUT2D eigenvalue weighted by Gasteiger charge is -2.09. The van der Waals surface area contributed by atoms with Crippen LogP contribution in [0.5, 0.6) is 0 Å². The third-order valence-corrected chi connectivity index (χ3v) is 4.22. The molecule has 0 aliphatic rings. The molecule has 128 valence electrons. The van der Waals surface area contributed by atoms with Gasteiger partial charge in [-0.15, -0.1) is 10.2 Å². The number of hydrogen-bond donors (Lipinski definition) is 1. The quantitative estimate of drug-likeness (QED) is 0.616. The normalized spacial score (nSPS) is 10.8. The van der Waals surface area contributed by atoms with Crippen LogP contribution in [0.3, 0.4) is 0 Å². The molecule has 0 atom stereocenters. The fraction of sp³-hybridized carbons (Fsp3) is 0.100. The molecule has 4 rings (SSSR count). The van der Waals surface area contributed by atoms with E-state index in [1.165, 1.54) is 0 Å². The third-order valence-electron chi connectivity index (χ3n) is 4.22. The number of anilines is 1. The van der Waals surface area contributed by atoms with Gasteiger partial charge in [0, 0.05) is 16.8 Å². The van der Waals surface area contributed by atoms with Crippen LogP contribution in [0.25, 0.3) is 16.9 Å². The van der Waals surface area contributed by atoms with Crippen molar-refractivity contribution in [2.75, 3.05) is 5.32 Å². The Labute approximate surface area is 150 Å². The second kappa shape index (κ2) is 6.40. The second-order valence-electron chi connectivity index (χ2n) is 6.09. The summed E-state index contributed by atoms with van der Waals surface area (Å²) >= 11 is 0. The molecule has 1 amide bonds. The Morgan fingerprint density at radius 3 is 2.65 bits per heavy atom. The Bertz CT molecular complexity index is 1120. The molecule has 0 unspecified atom stereocenters. The predicted molar refractivity (Wildman–Crippen MR) is 100 cm³/mol. The van der Waals surface area contributed by atoms with Crippen molar-refractivity contribution in [3.63, 3.8) is 0 Å². The van der Waals surface area contributed by atoms with Crippen LogP contribution in [-0.4, -0.2) is 25.7 Å². The molecule has 0 aliphatic heterocycles. The van der Waals surface area contributed by atoms with Crippen LogP contribution in [0.2, 0.25) is 0 Å². The monoisotopic (exact) mass is 343 g/mol. The molecule has 0 saturated carbocycles. The first-order valence-electron chi connectivity index (χ1n) is 8.28. The van der Waals surface area contributed by atoms with Gasteiger partial charge in [-0.2, -0.15) is 9.61 Å². The summed E-state index contributed by atoms with van der Waals surface area (Å²) in [6.45, 7) is 3.78. The van der Waals surface area contributed by atoms with Crippen molar-refractivity contribution >= 4 is 17.2 Å². The van der Waals surface area contributed by atoms with E-state index in [0.717, 1.165) is 28.3 Å². The number of carbonyl (C=O) groups is 1. The smallest absolute Gasteiger partial charge is 0.255 e. The lowest BCUT2D eigenvalue weighted by Crippen LogP contribution is -2.13. The number of rotatable bonds is 3. The summed E-state index contributed by atoms with van der Waals surface area (Å²) < 4.78 is 1.70. The van der Waals surface area contributed by atoms with Gasteiger partial charge in [0.15, 0.2) is 11.5 Å². The number of aryl methyl sites for hydroxylation is 2. The average molecular weight is 343 g/mol. The number of carbonyl (C=O) groups excluding carboxylic acids is 1. The summed E-state index contributed by atoms with van der Waals surface area (Å²) in [7, 11) is 0. The molecule has 26 heavy (non-hydrogen) atoms. The molecule has 0 fully saturated rings. The zero-order chi connectivity index (χ0) is 18.1. The van der Waals surface area contributed by atoms with Crippen LogP contribution in [0.15, 0.2) is 60.7 Å². The maximum absolute atomic E-state index is 12.5. The molecule has 4 aromatic rings. The third kappa shape index (κ3) is 2.93. The molecule has 6 heteroatoms. The van der Waals surface area contributed by atoms with Crippen LogP contribution >= 0.6 is 0 Å². The van der Waals surface area contributed by atoms with Gasteiger partial charge in [0.1, 0.15) is 0 Å². The maximum Gasteiger partial charge on any atom is 0.255 e. The van der Waals surface area contributed by atoms with Gasteiger partial charge in [-0.1, -0.05) is 30.3 Å². The van der Waals surface area contributed by atoms with Crippen molar-refractivity contribution in [1.82, 2.24) is 19.8 Å². The number of fused-ring (bicyclic) bond motifs is 1. The van der Waals surface area contributed by atoms with Gasteiger partial charge < -0.3 is 5.32 Å². The van der Waals surface area contributed by atoms with Gasteiger partial charge in [0.25, 0.3) is 5.91 Å². The summed E-state index contributed by atoms with van der Waals surface area (Å²) in [4.78, 5) is 12.5. The van der Waals surface area contributed by atoms with Crippen LogP contribution in [0, 0.1) is 13.8 Å². The summed E-state index contributed by atoms with van der Waals surface area (Å²) in [5.74, 6) is 0.601. The van der Waals surface area contributed by atoms with Crippen molar-refractivity contribution < 1.29 is 4.79 Å². The van der Waals surface area contributed by atoms with Crippen LogP contribution in [0.4, 0.5) is 5.69 Å². The molecule has 0 bridgehead atoms. The Morgan fingerprint density at radius 2 is 1.81 bits per heavy atom. The van der Waals surface area contributed by atoms with Crippen molar-refractivity contribution in [2.24, 2.45) is 0 Å². The SMILES string of the molecule is Cc1ccccc1C(=O)Nc1cccc(-c2ccc3nnc(C)n3n2)c1. The lowest BCUT2D eigenvalue weighted by molar-refractivity contribution is 0.102. The van der Waals surface area contributed by atoms with Crippen LogP contribution in [-0.2, 0) is 0 Å². The van der Waals surface area contributed by atoms with E-state index in [1.54, 1.807) is 4.52 Å². The largest absolute Gasteiger partial charge is 0.322 e. The fourth-order valence-electron chi connectivity index (χ4n) is 2.83. The molecule has 0 spiro atoms. The van der Waals surface area contributed by atoms with Gasteiger partial charge in [0.05, 0.1) is 5.69 Å². The van der Waals surface area contributed by atoms with E-state index in [-0.39, 0.29) is 5.91 Å². The van der Waals surface area contributed by atoms with E-state index in [4.69, 9.17) is 0 Å². The molecular weight excluding hydrogens is 326 g/mol. The van der Waals surface area contributed by atoms with Crippen molar-refractivity contribution in [1.29, 1.82) is 0 Å². The molecular formula is C20H17N5O. The standard InChI is InChI=1S/C20H17N5O/c1-13-6-3-4-9-17(13)20(26)21-16-8-5-7-15(12-16)18-10-11-19-23-22-14(2)25(19)24-18/h3-12H,1-2H3,(H,21,26). The van der Waals surface area contributed by atoms with E-state index >= 15 is 0 Å². The number of hydrogen-bond acceptors (Lipinski definition) is 4. The Balaban J connectivity index is 1.64. The Morgan fingerprint density at radius 1 is 0.962 bits per heavy atom. The summed E-state index contributed by atoms with van der Waals surface area (Å²) in [6.07, 6.45) is 0. The molecule has 0 radical (unpaired) electrons. The van der Waals surface area contributed by atoms with Crippen molar-refractivity contribution in [3.05, 3.63) is 77.6 Å². The fourth-order valence-corrected chi connectivity index (χ4v) is 2.83. The minimum Gasteiger partial charge on any atom is -0.322 e. The second-order valence-corrected chi connectivity index (χ2v) is 6.09. The number of benzene rings is 2. The van der Waals surface area contributed by atoms with Crippen LogP contribution in [0.1, 0.15) is 21.7 Å². The van der Waals surface area contributed by atoms with Gasteiger partial charge in [-0.25, -0.2) is 0 Å². The van der Waals surface area contributed by atoms with Gasteiger partial charge in [-0.05, 0) is 49.7 Å². The molecule has 1 N–H and O–H groups in total. The molecule has 0 saturated heterocycles. The molecule has 6 nitrogen and oxygen atoms in total. The summed E-state index contributed by atoms with van der Waals surface area (Å²) in [5, 5.41) is 15.6. The van der Waals surface area contributed by atoms with Gasteiger partial charge in [-0.3, -0.25) is 4.79 Å². The first-order valence-corrected chi connectivity index (χ1v) is 8.28. The number of nitrogens with one attached hydrogen (secondary N) is 1. The zero-order valence-corrected chi connectivity index (χ0v) is 14.5. The number of nitrogens with zero attached hydrogens (tertiary/aromatic N) is 4. The van der Waals surface area contributed by atoms with E-state index in [9.17, 15) is 4.79 Å². The molecule has 2 aromatic heterocycles. The highest BCUT2D eigenvalue weighted by Crippen LogP contribution is 2.22. The number of aromatic nitrogens is 4. The van der Waals surface area contributed by atoms with Crippen molar-refractivity contribution in [2.45, 2.75) is 13.8 Å². The van der Waals surface area contributed by atoms with E-state index in [0.29, 0.717) is 11.2 Å². The highest BCUT2D eigenvalue weighted by molar-refractivity contribution is 6.05. The van der Waals surface area contributed by atoms with Gasteiger partial charge >= 0.3 is 0 Å². The Kier molecular flexibility index (Phi) is 3.93. The highest BCUT2D eigenvalue weighted by atomic mass is 16.1. The first kappa shape index (κ1) is 16.0. The summed E-state index contributed by atoms with van der Waals surface area (Å²) in [5.41, 5.74) is 4.72. The summed E-state index contributed by atoms with van der Waals surface area (Å²) in [6, 6.07) is 18.9. The van der Waals surface area contributed by atoms with Gasteiger partial charge in [0.2, 0.25) is 0 Å². The van der Waals surface area contributed by atoms with E-state index < -0.39 is 0 Å². The van der Waals surface area contributed by atoms with Crippen LogP contribution < -0.4 is 5.32 Å². The van der Waals surface area contributed by atoms with E-state index in [1.807, 2.05) is 74.5 Å².